The van der Waals surface area contributed by atoms with Gasteiger partial charge in [-0.2, -0.15) is 0 Å². The van der Waals surface area contributed by atoms with Crippen LogP contribution in [0, 0.1) is 11.8 Å². The number of guanidine groups is 1. The molecule has 3 aliphatic rings. The summed E-state index contributed by atoms with van der Waals surface area (Å²) < 4.78 is 11.5. The fourth-order valence-corrected chi connectivity index (χ4v) is 5.24. The number of carbonyl (C=O) groups excluding carboxylic acids is 2. The maximum Gasteiger partial charge on any atom is 0.231 e. The Morgan fingerprint density at radius 2 is 2.00 bits per heavy atom. The minimum Gasteiger partial charge on any atom is -0.493 e. The number of aromatic nitrogens is 1. The second kappa shape index (κ2) is 9.36. The lowest BCUT2D eigenvalue weighted by molar-refractivity contribution is -0.130. The van der Waals surface area contributed by atoms with Crippen molar-refractivity contribution < 1.29 is 19.1 Å². The minimum absolute atomic E-state index is 0.0123. The van der Waals surface area contributed by atoms with Crippen molar-refractivity contribution in [3.63, 3.8) is 0 Å². The zero-order valence-corrected chi connectivity index (χ0v) is 22.1. The molecule has 1 aliphatic carbocycles. The number of methoxy groups -OCH3 is 1. The van der Waals surface area contributed by atoms with E-state index in [2.05, 4.69) is 15.6 Å². The van der Waals surface area contributed by atoms with Gasteiger partial charge in [-0.3, -0.25) is 19.5 Å². The lowest BCUT2D eigenvalue weighted by Crippen LogP contribution is -2.50. The number of nitrogens with one attached hydrogen (secondary N) is 2. The van der Waals surface area contributed by atoms with Crippen LogP contribution in [0.25, 0.3) is 0 Å². The lowest BCUT2D eigenvalue weighted by atomic mass is 9.89. The second-order valence-corrected chi connectivity index (χ2v) is 11.4. The maximum absolute atomic E-state index is 13.3. The van der Waals surface area contributed by atoms with Crippen LogP contribution >= 0.6 is 0 Å². The first-order valence-electron chi connectivity index (χ1n) is 12.8. The second-order valence-electron chi connectivity index (χ2n) is 11.4. The number of carbonyl (C=O) groups is 2. The van der Waals surface area contributed by atoms with Crippen LogP contribution in [0.1, 0.15) is 58.6 Å². The van der Waals surface area contributed by atoms with Crippen LogP contribution in [-0.4, -0.2) is 52.5 Å². The molecule has 3 atom stereocenters. The summed E-state index contributed by atoms with van der Waals surface area (Å²) in [5.74, 6) is 1.78. The summed E-state index contributed by atoms with van der Waals surface area (Å²) in [4.78, 5) is 37.0. The van der Waals surface area contributed by atoms with E-state index >= 15 is 0 Å². The van der Waals surface area contributed by atoms with Gasteiger partial charge >= 0.3 is 0 Å². The summed E-state index contributed by atoms with van der Waals surface area (Å²) in [6.45, 7) is 8.39. The highest BCUT2D eigenvalue weighted by atomic mass is 16.5. The molecular formula is C28H35N5O4. The molecule has 5 rings (SSSR count). The van der Waals surface area contributed by atoms with E-state index in [1.807, 2.05) is 52.0 Å². The number of rotatable bonds is 6. The monoisotopic (exact) mass is 505 g/mol. The Bertz CT molecular complexity index is 1240. The van der Waals surface area contributed by atoms with Crippen molar-refractivity contribution >= 4 is 23.5 Å². The van der Waals surface area contributed by atoms with Gasteiger partial charge in [0.05, 0.1) is 37.0 Å². The zero-order chi connectivity index (χ0) is 26.4. The van der Waals surface area contributed by atoms with Crippen molar-refractivity contribution in [1.82, 2.24) is 15.2 Å². The summed E-state index contributed by atoms with van der Waals surface area (Å²) in [5.41, 5.74) is 0.788. The molecule has 1 saturated carbocycles. The van der Waals surface area contributed by atoms with E-state index in [1.165, 1.54) is 0 Å². The Labute approximate surface area is 217 Å². The fourth-order valence-electron chi connectivity index (χ4n) is 5.24. The average molecular weight is 506 g/mol. The number of ether oxygens (including phenoxy) is 2. The molecule has 196 valence electrons. The third-order valence-corrected chi connectivity index (χ3v) is 7.17. The van der Waals surface area contributed by atoms with Crippen LogP contribution in [0.4, 0.5) is 5.69 Å². The maximum atomic E-state index is 13.3. The van der Waals surface area contributed by atoms with Crippen molar-refractivity contribution in [1.29, 1.82) is 0 Å². The molecule has 0 saturated heterocycles. The molecular weight excluding hydrogens is 470 g/mol. The number of hydrogen-bond donors (Lipinski definition) is 2. The number of pyridine rings is 1. The fraction of sp³-hybridized carbons (Fsp3) is 0.500. The minimum atomic E-state index is -0.528. The van der Waals surface area contributed by atoms with Gasteiger partial charge in [0.15, 0.2) is 5.75 Å². The molecule has 2 aliphatic heterocycles. The SMILES string of the molecule is COc1cnccc1NC1=NC(C)(C)CC(=O)N1C[C@H]1CC1C(=O)N[C@H]1CC(C)(C)Oc2ccccc21. The van der Waals surface area contributed by atoms with Gasteiger partial charge in [0, 0.05) is 30.6 Å². The van der Waals surface area contributed by atoms with Crippen LogP contribution < -0.4 is 20.1 Å². The number of aliphatic imine (C=N–C) groups is 1. The van der Waals surface area contributed by atoms with Crippen LogP contribution in [0.15, 0.2) is 47.7 Å². The predicted molar refractivity (Wildman–Crippen MR) is 141 cm³/mol. The van der Waals surface area contributed by atoms with Crippen LogP contribution in [0.2, 0.25) is 0 Å². The number of nitrogens with zero attached hydrogens (tertiary/aromatic N) is 3. The Morgan fingerprint density at radius 1 is 1.22 bits per heavy atom. The van der Waals surface area contributed by atoms with Gasteiger partial charge < -0.3 is 20.1 Å². The van der Waals surface area contributed by atoms with Crippen molar-refractivity contribution in [3.05, 3.63) is 48.3 Å². The third kappa shape index (κ3) is 5.40. The van der Waals surface area contributed by atoms with E-state index in [4.69, 9.17) is 14.5 Å². The molecule has 0 radical (unpaired) electrons. The normalized spacial score (nSPS) is 25.3. The van der Waals surface area contributed by atoms with Gasteiger partial charge in [0.2, 0.25) is 17.8 Å². The summed E-state index contributed by atoms with van der Waals surface area (Å²) in [6, 6.07) is 9.55. The van der Waals surface area contributed by atoms with Gasteiger partial charge in [-0.1, -0.05) is 18.2 Å². The van der Waals surface area contributed by atoms with Gasteiger partial charge in [-0.25, -0.2) is 4.99 Å². The smallest absolute Gasteiger partial charge is 0.231 e. The summed E-state index contributed by atoms with van der Waals surface area (Å²) in [5, 5.41) is 6.53. The Morgan fingerprint density at radius 3 is 2.78 bits per heavy atom. The first kappa shape index (κ1) is 25.0. The van der Waals surface area contributed by atoms with Crippen LogP contribution in [-0.2, 0) is 9.59 Å². The number of amides is 2. The number of benzene rings is 1. The molecule has 1 aromatic carbocycles. The van der Waals surface area contributed by atoms with Crippen molar-refractivity contribution in [2.45, 2.75) is 64.1 Å². The Balaban J connectivity index is 1.28. The topological polar surface area (TPSA) is 105 Å². The number of para-hydroxylation sites is 1. The van der Waals surface area contributed by atoms with Crippen LogP contribution in [0.3, 0.4) is 0 Å². The molecule has 2 N–H and O–H groups in total. The van der Waals surface area contributed by atoms with E-state index < -0.39 is 5.54 Å². The van der Waals surface area contributed by atoms with Gasteiger partial charge in [-0.05, 0) is 52.2 Å². The lowest BCUT2D eigenvalue weighted by Gasteiger charge is -2.38. The highest BCUT2D eigenvalue weighted by molar-refractivity contribution is 6.06. The zero-order valence-electron chi connectivity index (χ0n) is 22.1. The molecule has 1 aromatic heterocycles. The van der Waals surface area contributed by atoms with Crippen molar-refractivity contribution in [3.8, 4) is 11.5 Å². The van der Waals surface area contributed by atoms with Gasteiger partial charge in [0.1, 0.15) is 11.4 Å². The molecule has 3 heterocycles. The average Bonchev–Trinajstić information content (AvgIpc) is 3.60. The quantitative estimate of drug-likeness (QED) is 0.617. The molecule has 1 fully saturated rings. The molecule has 1 unspecified atom stereocenters. The number of fused-ring (bicyclic) bond motifs is 1. The molecule has 9 nitrogen and oxygen atoms in total. The standard InChI is InChI=1S/C28H35N5O4/c1-27(2)14-24(34)33(26(32-27)31-20-10-11-29-15-23(20)36-5)16-17-12-19(17)25(35)30-21-13-28(3,4)37-22-9-7-6-8-18(21)22/h6-11,15,17,19,21H,12-14,16H2,1-5H3,(H,30,35)(H,29,31,32)/t17-,19?,21+/m1/s1. The van der Waals surface area contributed by atoms with E-state index in [1.54, 1.807) is 30.5 Å². The van der Waals surface area contributed by atoms with Crippen molar-refractivity contribution in [2.24, 2.45) is 16.8 Å². The molecule has 9 heteroatoms. The van der Waals surface area contributed by atoms with E-state index in [9.17, 15) is 9.59 Å². The van der Waals surface area contributed by atoms with Crippen LogP contribution in [0.5, 0.6) is 11.5 Å². The molecule has 2 amide bonds. The largest absolute Gasteiger partial charge is 0.493 e. The molecule has 2 aromatic rings. The van der Waals surface area contributed by atoms with Gasteiger partial charge in [0.25, 0.3) is 0 Å². The first-order valence-corrected chi connectivity index (χ1v) is 12.8. The third-order valence-electron chi connectivity index (χ3n) is 7.17. The summed E-state index contributed by atoms with van der Waals surface area (Å²) in [6.07, 6.45) is 5.01. The number of hydrogen-bond acceptors (Lipinski definition) is 7. The summed E-state index contributed by atoms with van der Waals surface area (Å²) >= 11 is 0. The van der Waals surface area contributed by atoms with E-state index in [-0.39, 0.29) is 35.3 Å². The summed E-state index contributed by atoms with van der Waals surface area (Å²) in [7, 11) is 1.57. The molecule has 0 spiro atoms. The molecule has 37 heavy (non-hydrogen) atoms. The van der Waals surface area contributed by atoms with E-state index in [0.29, 0.717) is 36.8 Å². The predicted octanol–water partition coefficient (Wildman–Crippen LogP) is 3.92. The Kier molecular flexibility index (Phi) is 6.33. The Hall–Kier alpha value is -3.62. The van der Waals surface area contributed by atoms with E-state index in [0.717, 1.165) is 17.7 Å². The highest BCUT2D eigenvalue weighted by Gasteiger charge is 2.47. The van der Waals surface area contributed by atoms with Gasteiger partial charge in [-0.15, -0.1) is 0 Å². The first-order chi connectivity index (χ1) is 17.5. The van der Waals surface area contributed by atoms with Crippen molar-refractivity contribution in [2.75, 3.05) is 19.0 Å². The number of anilines is 1. The highest BCUT2D eigenvalue weighted by Crippen LogP contribution is 2.43. The molecule has 0 bridgehead atoms.